The van der Waals surface area contributed by atoms with E-state index in [1.807, 2.05) is 0 Å². The molecule has 39 heavy (non-hydrogen) atoms. The Labute approximate surface area is 228 Å². The van der Waals surface area contributed by atoms with E-state index in [0.717, 1.165) is 4.31 Å². The number of nitrogens with zero attached hydrogens (tertiary/aromatic N) is 2. The number of carbonyl (C=O) groups excluding carboxylic acids is 2. The first-order valence-electron chi connectivity index (χ1n) is 12.2. The summed E-state index contributed by atoms with van der Waals surface area (Å²) < 4.78 is 52.8. The van der Waals surface area contributed by atoms with Crippen molar-refractivity contribution in [1.29, 1.82) is 0 Å². The third-order valence-electron chi connectivity index (χ3n) is 6.16. The predicted molar refractivity (Wildman–Crippen MR) is 146 cm³/mol. The second kappa shape index (κ2) is 13.1. The summed E-state index contributed by atoms with van der Waals surface area (Å²) in [6.07, 6.45) is 0.272. The Hall–Kier alpha value is -4.12. The van der Waals surface area contributed by atoms with Crippen LogP contribution in [0.4, 0.5) is 10.1 Å². The van der Waals surface area contributed by atoms with Crippen molar-refractivity contribution in [1.82, 2.24) is 10.2 Å². The largest absolute Gasteiger partial charge is 0.493 e. The van der Waals surface area contributed by atoms with Gasteiger partial charge in [0.05, 0.1) is 24.8 Å². The molecule has 3 aromatic rings. The molecule has 0 radical (unpaired) electrons. The van der Waals surface area contributed by atoms with Crippen LogP contribution in [0.3, 0.4) is 0 Å². The Morgan fingerprint density at radius 2 is 1.59 bits per heavy atom. The minimum Gasteiger partial charge on any atom is -0.493 e. The van der Waals surface area contributed by atoms with Gasteiger partial charge in [-0.2, -0.15) is 0 Å². The van der Waals surface area contributed by atoms with Gasteiger partial charge in [0.2, 0.25) is 11.8 Å². The smallest absolute Gasteiger partial charge is 0.264 e. The standard InChI is InChI=1S/C28H32FN3O6S/c1-5-24(28(34)30-2)31(18-20-11-13-21(29)14-12-20)27(33)19-32(39(35,36)23-9-7-6-8-10-23)22-15-16-25(37-3)26(17-22)38-4/h6-17,24H,5,18-19H2,1-4H3,(H,30,34)/t24-/m1/s1. The van der Waals surface area contributed by atoms with Crippen LogP contribution in [0, 0.1) is 5.82 Å². The highest BCUT2D eigenvalue weighted by atomic mass is 32.2. The van der Waals surface area contributed by atoms with E-state index in [9.17, 15) is 22.4 Å². The number of halogens is 1. The molecule has 9 nitrogen and oxygen atoms in total. The fraction of sp³-hybridized carbons (Fsp3) is 0.286. The average Bonchev–Trinajstić information content (AvgIpc) is 2.96. The van der Waals surface area contributed by atoms with Crippen LogP contribution >= 0.6 is 0 Å². The monoisotopic (exact) mass is 557 g/mol. The topological polar surface area (TPSA) is 105 Å². The van der Waals surface area contributed by atoms with Crippen molar-refractivity contribution in [2.45, 2.75) is 30.8 Å². The van der Waals surface area contributed by atoms with Crippen LogP contribution in [0.15, 0.2) is 77.7 Å². The van der Waals surface area contributed by atoms with Gasteiger partial charge in [-0.05, 0) is 48.4 Å². The van der Waals surface area contributed by atoms with E-state index < -0.39 is 40.2 Å². The fourth-order valence-corrected chi connectivity index (χ4v) is 5.53. The van der Waals surface area contributed by atoms with Crippen LogP contribution in [0.5, 0.6) is 11.5 Å². The third-order valence-corrected chi connectivity index (χ3v) is 7.95. The van der Waals surface area contributed by atoms with E-state index in [1.165, 1.54) is 74.7 Å². The van der Waals surface area contributed by atoms with Crippen molar-refractivity contribution >= 4 is 27.5 Å². The SMILES string of the molecule is CC[C@H](C(=O)NC)N(Cc1ccc(F)cc1)C(=O)CN(c1ccc(OC)c(OC)c1)S(=O)(=O)c1ccccc1. The number of anilines is 1. The van der Waals surface area contributed by atoms with Gasteiger partial charge >= 0.3 is 0 Å². The number of hydrogen-bond acceptors (Lipinski definition) is 6. The van der Waals surface area contributed by atoms with Gasteiger partial charge in [0.1, 0.15) is 18.4 Å². The van der Waals surface area contributed by atoms with Crippen molar-refractivity contribution in [3.05, 3.63) is 84.2 Å². The van der Waals surface area contributed by atoms with Crippen molar-refractivity contribution < 1.29 is 31.9 Å². The highest BCUT2D eigenvalue weighted by Crippen LogP contribution is 2.34. The number of hydrogen-bond donors (Lipinski definition) is 1. The second-order valence-corrected chi connectivity index (χ2v) is 10.4. The van der Waals surface area contributed by atoms with Crippen LogP contribution in [0.25, 0.3) is 0 Å². The quantitative estimate of drug-likeness (QED) is 0.365. The summed E-state index contributed by atoms with van der Waals surface area (Å²) >= 11 is 0. The maximum absolute atomic E-state index is 13.9. The number of benzene rings is 3. The summed E-state index contributed by atoms with van der Waals surface area (Å²) in [5.74, 6) is -0.812. The molecule has 0 saturated heterocycles. The van der Waals surface area contributed by atoms with E-state index >= 15 is 0 Å². The van der Waals surface area contributed by atoms with Gasteiger partial charge in [-0.15, -0.1) is 0 Å². The lowest BCUT2D eigenvalue weighted by atomic mass is 10.1. The first kappa shape index (κ1) is 29.4. The van der Waals surface area contributed by atoms with Gasteiger partial charge in [-0.3, -0.25) is 13.9 Å². The van der Waals surface area contributed by atoms with E-state index in [0.29, 0.717) is 11.3 Å². The number of methoxy groups -OCH3 is 2. The van der Waals surface area contributed by atoms with Gasteiger partial charge in [0.25, 0.3) is 10.0 Å². The molecule has 0 unspecified atom stereocenters. The Bertz CT molecular complexity index is 1380. The van der Waals surface area contributed by atoms with Crippen LogP contribution in [-0.4, -0.2) is 59.0 Å². The molecule has 0 spiro atoms. The zero-order chi connectivity index (χ0) is 28.6. The molecule has 2 amide bonds. The van der Waals surface area contributed by atoms with Crippen LogP contribution in [0.2, 0.25) is 0 Å². The maximum Gasteiger partial charge on any atom is 0.264 e. The molecule has 3 aromatic carbocycles. The summed E-state index contributed by atoms with van der Waals surface area (Å²) in [5.41, 5.74) is 0.746. The minimum absolute atomic E-state index is 0.0176. The van der Waals surface area contributed by atoms with Crippen LogP contribution in [0.1, 0.15) is 18.9 Å². The Balaban J connectivity index is 2.10. The first-order chi connectivity index (χ1) is 18.7. The lowest BCUT2D eigenvalue weighted by Crippen LogP contribution is -2.51. The minimum atomic E-state index is -4.22. The molecule has 208 valence electrons. The van der Waals surface area contributed by atoms with E-state index in [4.69, 9.17) is 9.47 Å². The van der Waals surface area contributed by atoms with Crippen molar-refractivity contribution in [2.24, 2.45) is 0 Å². The number of nitrogens with one attached hydrogen (secondary N) is 1. The van der Waals surface area contributed by atoms with E-state index in [-0.39, 0.29) is 29.3 Å². The number of carbonyl (C=O) groups is 2. The number of sulfonamides is 1. The van der Waals surface area contributed by atoms with Crippen molar-refractivity contribution in [3.8, 4) is 11.5 Å². The molecule has 1 atom stereocenters. The first-order valence-corrected chi connectivity index (χ1v) is 13.7. The van der Waals surface area contributed by atoms with Gasteiger partial charge < -0.3 is 19.7 Å². The molecule has 0 aliphatic heterocycles. The molecule has 0 saturated carbocycles. The van der Waals surface area contributed by atoms with Gasteiger partial charge in [0, 0.05) is 19.7 Å². The van der Waals surface area contributed by atoms with Crippen molar-refractivity contribution in [3.63, 3.8) is 0 Å². The van der Waals surface area contributed by atoms with Gasteiger partial charge in [-0.1, -0.05) is 37.3 Å². The number of ether oxygens (including phenoxy) is 2. The Kier molecular flexibility index (Phi) is 9.89. The zero-order valence-corrected chi connectivity index (χ0v) is 23.1. The lowest BCUT2D eigenvalue weighted by molar-refractivity contribution is -0.140. The summed E-state index contributed by atoms with van der Waals surface area (Å²) in [6.45, 7) is 1.11. The fourth-order valence-electron chi connectivity index (χ4n) is 4.10. The normalized spacial score (nSPS) is 11.8. The maximum atomic E-state index is 13.9. The molecule has 3 rings (SSSR count). The van der Waals surface area contributed by atoms with E-state index in [1.54, 1.807) is 31.2 Å². The summed E-state index contributed by atoms with van der Waals surface area (Å²) in [4.78, 5) is 27.9. The molecule has 0 bridgehead atoms. The highest BCUT2D eigenvalue weighted by molar-refractivity contribution is 7.92. The molecule has 0 heterocycles. The third kappa shape index (κ3) is 6.85. The zero-order valence-electron chi connectivity index (χ0n) is 22.3. The Morgan fingerprint density at radius 3 is 2.15 bits per heavy atom. The predicted octanol–water partition coefficient (Wildman–Crippen LogP) is 3.59. The number of likely N-dealkylation sites (N-methyl/N-ethyl adjacent to an activating group) is 1. The van der Waals surface area contributed by atoms with Crippen LogP contribution in [-0.2, 0) is 26.2 Å². The lowest BCUT2D eigenvalue weighted by Gasteiger charge is -2.33. The van der Waals surface area contributed by atoms with Crippen molar-refractivity contribution in [2.75, 3.05) is 32.1 Å². The second-order valence-electron chi connectivity index (χ2n) is 8.55. The molecule has 1 N–H and O–H groups in total. The average molecular weight is 558 g/mol. The molecule has 0 fully saturated rings. The molecule has 0 aliphatic carbocycles. The molecular weight excluding hydrogens is 525 g/mol. The summed E-state index contributed by atoms with van der Waals surface area (Å²) in [7, 11) is 0.109. The number of rotatable bonds is 12. The number of amides is 2. The summed E-state index contributed by atoms with van der Waals surface area (Å²) in [6, 6.07) is 16.9. The van der Waals surface area contributed by atoms with Gasteiger partial charge in [0.15, 0.2) is 11.5 Å². The van der Waals surface area contributed by atoms with Crippen LogP contribution < -0.4 is 19.1 Å². The molecule has 0 aromatic heterocycles. The highest BCUT2D eigenvalue weighted by Gasteiger charge is 2.33. The van der Waals surface area contributed by atoms with E-state index in [2.05, 4.69) is 5.32 Å². The molecule has 11 heteroatoms. The molecule has 0 aliphatic rings. The van der Waals surface area contributed by atoms with Gasteiger partial charge in [-0.25, -0.2) is 12.8 Å². The Morgan fingerprint density at radius 1 is 0.949 bits per heavy atom. The molecular formula is C28H32FN3O6S. The summed E-state index contributed by atoms with van der Waals surface area (Å²) in [5, 5.41) is 2.56.